The Morgan fingerprint density at radius 1 is 0.226 bits per heavy atom. The molecule has 0 N–H and O–H groups in total. The van der Waals surface area contributed by atoms with Crippen LogP contribution in [0.5, 0.6) is 0 Å². The second-order valence-electron chi connectivity index (χ2n) is 13.4. The first-order chi connectivity index (χ1) is 26.3. The van der Waals surface area contributed by atoms with E-state index in [1.807, 2.05) is 0 Å². The van der Waals surface area contributed by atoms with Gasteiger partial charge in [0.1, 0.15) is 0 Å². The second kappa shape index (κ2) is 14.3. The van der Waals surface area contributed by atoms with Crippen LogP contribution in [0.4, 0.5) is 17.1 Å². The predicted molar refractivity (Wildman–Crippen MR) is 226 cm³/mol. The zero-order valence-corrected chi connectivity index (χ0v) is 29.3. The Balaban J connectivity index is 1.09. The lowest BCUT2D eigenvalue weighted by molar-refractivity contribution is 1.28. The molecule has 0 heterocycles. The Kier molecular flexibility index (Phi) is 8.66. The topological polar surface area (TPSA) is 3.24 Å². The van der Waals surface area contributed by atoms with Gasteiger partial charge in [0.2, 0.25) is 0 Å². The Morgan fingerprint density at radius 3 is 1.17 bits per heavy atom. The maximum atomic E-state index is 2.36. The summed E-state index contributed by atoms with van der Waals surface area (Å²) in [7, 11) is 0. The van der Waals surface area contributed by atoms with E-state index in [2.05, 4.69) is 229 Å². The molecule has 0 atom stereocenters. The molecule has 0 aliphatic rings. The largest absolute Gasteiger partial charge is 0.310 e. The lowest BCUT2D eigenvalue weighted by Crippen LogP contribution is -2.10. The summed E-state index contributed by atoms with van der Waals surface area (Å²) in [6.45, 7) is 0. The van der Waals surface area contributed by atoms with Crippen LogP contribution < -0.4 is 4.90 Å². The van der Waals surface area contributed by atoms with E-state index in [1.54, 1.807) is 0 Å². The average Bonchev–Trinajstić information content (AvgIpc) is 3.25. The van der Waals surface area contributed by atoms with Crippen LogP contribution >= 0.6 is 0 Å². The van der Waals surface area contributed by atoms with Gasteiger partial charge in [-0.25, -0.2) is 0 Å². The zero-order valence-electron chi connectivity index (χ0n) is 29.3. The molecule has 9 rings (SSSR count). The van der Waals surface area contributed by atoms with E-state index in [4.69, 9.17) is 0 Å². The van der Waals surface area contributed by atoms with Crippen LogP contribution in [0.25, 0.3) is 66.4 Å². The SMILES string of the molecule is c1ccc(-c2ccc(-c3cccc(N(c4ccc(-c5ccccc5)cc4)c4ccc(-c5ccc6cccc(-c7ccccc7)c6c5)cc4)c3)cc2)cc1. The number of nitrogens with zero attached hydrogens (tertiary/aromatic N) is 1. The van der Waals surface area contributed by atoms with E-state index in [0.717, 1.165) is 17.1 Å². The highest BCUT2D eigenvalue weighted by molar-refractivity contribution is 5.99. The van der Waals surface area contributed by atoms with Crippen LogP contribution in [0, 0.1) is 0 Å². The van der Waals surface area contributed by atoms with E-state index in [1.165, 1.54) is 66.4 Å². The first-order valence-electron chi connectivity index (χ1n) is 18.2. The van der Waals surface area contributed by atoms with Gasteiger partial charge in [-0.1, -0.05) is 182 Å². The Labute approximate surface area is 311 Å². The van der Waals surface area contributed by atoms with Crippen LogP contribution in [0.2, 0.25) is 0 Å². The van der Waals surface area contributed by atoms with Gasteiger partial charge in [0.25, 0.3) is 0 Å². The fraction of sp³-hybridized carbons (Fsp3) is 0. The van der Waals surface area contributed by atoms with Crippen LogP contribution in [-0.4, -0.2) is 0 Å². The van der Waals surface area contributed by atoms with E-state index >= 15 is 0 Å². The molecule has 0 aliphatic heterocycles. The van der Waals surface area contributed by atoms with Gasteiger partial charge in [0.05, 0.1) is 0 Å². The first kappa shape index (κ1) is 32.0. The summed E-state index contributed by atoms with van der Waals surface area (Å²) in [6.07, 6.45) is 0. The summed E-state index contributed by atoms with van der Waals surface area (Å²) < 4.78 is 0. The number of benzene rings is 9. The van der Waals surface area contributed by atoms with Crippen LogP contribution in [0.1, 0.15) is 0 Å². The van der Waals surface area contributed by atoms with Gasteiger partial charge in [-0.05, 0) is 109 Å². The quantitative estimate of drug-likeness (QED) is 0.155. The van der Waals surface area contributed by atoms with Crippen molar-refractivity contribution in [3.05, 3.63) is 224 Å². The molecule has 0 saturated carbocycles. The Hall–Kier alpha value is -6.96. The van der Waals surface area contributed by atoms with E-state index < -0.39 is 0 Å². The van der Waals surface area contributed by atoms with Crippen molar-refractivity contribution in [2.45, 2.75) is 0 Å². The molecule has 0 amide bonds. The maximum absolute atomic E-state index is 2.36. The van der Waals surface area contributed by atoms with Crippen molar-refractivity contribution in [2.75, 3.05) is 4.90 Å². The van der Waals surface area contributed by atoms with Gasteiger partial charge in [-0.15, -0.1) is 0 Å². The normalized spacial score (nSPS) is 11.0. The van der Waals surface area contributed by atoms with Crippen molar-refractivity contribution in [2.24, 2.45) is 0 Å². The van der Waals surface area contributed by atoms with E-state index in [9.17, 15) is 0 Å². The van der Waals surface area contributed by atoms with Crippen LogP contribution in [-0.2, 0) is 0 Å². The molecule has 0 spiro atoms. The zero-order chi connectivity index (χ0) is 35.4. The van der Waals surface area contributed by atoms with Gasteiger partial charge in [-0.3, -0.25) is 0 Å². The Bertz CT molecular complexity index is 2610. The minimum absolute atomic E-state index is 1.10. The van der Waals surface area contributed by atoms with Crippen molar-refractivity contribution in [3.63, 3.8) is 0 Å². The molecule has 0 bridgehead atoms. The van der Waals surface area contributed by atoms with Crippen molar-refractivity contribution in [1.29, 1.82) is 0 Å². The van der Waals surface area contributed by atoms with Crippen molar-refractivity contribution >= 4 is 27.8 Å². The fourth-order valence-corrected chi connectivity index (χ4v) is 7.32. The second-order valence-corrected chi connectivity index (χ2v) is 13.4. The summed E-state index contributed by atoms with van der Waals surface area (Å²) in [6, 6.07) is 80.8. The number of hydrogen-bond donors (Lipinski definition) is 0. The van der Waals surface area contributed by atoms with Crippen LogP contribution in [0.15, 0.2) is 224 Å². The van der Waals surface area contributed by atoms with Gasteiger partial charge in [0, 0.05) is 17.1 Å². The molecule has 0 saturated heterocycles. The van der Waals surface area contributed by atoms with E-state index in [0.29, 0.717) is 0 Å². The molecule has 0 aliphatic carbocycles. The highest BCUT2D eigenvalue weighted by Crippen LogP contribution is 2.39. The predicted octanol–water partition coefficient (Wildman–Crippen LogP) is 14.6. The summed E-state index contributed by atoms with van der Waals surface area (Å²) in [5.41, 5.74) is 15.4. The highest BCUT2D eigenvalue weighted by atomic mass is 15.1. The molecule has 53 heavy (non-hydrogen) atoms. The standard InChI is InChI=1S/C52H37N/c1-4-12-38(13-5-1)40-22-24-42(25-23-40)46-19-10-20-50(36-46)53(48-32-28-41(29-33-48)39-14-6-2-7-15-39)49-34-30-43(31-35-49)47-27-26-45-18-11-21-51(52(45)37-47)44-16-8-3-9-17-44/h1-37H. The average molecular weight is 676 g/mol. The third-order valence-corrected chi connectivity index (χ3v) is 10.1. The van der Waals surface area contributed by atoms with Gasteiger partial charge in [-0.2, -0.15) is 0 Å². The fourth-order valence-electron chi connectivity index (χ4n) is 7.32. The third-order valence-electron chi connectivity index (χ3n) is 10.1. The smallest absolute Gasteiger partial charge is 0.0467 e. The maximum Gasteiger partial charge on any atom is 0.0467 e. The number of hydrogen-bond acceptors (Lipinski definition) is 1. The summed E-state index contributed by atoms with van der Waals surface area (Å²) in [4.78, 5) is 2.36. The highest BCUT2D eigenvalue weighted by Gasteiger charge is 2.15. The Morgan fingerprint density at radius 2 is 0.623 bits per heavy atom. The summed E-state index contributed by atoms with van der Waals surface area (Å²) in [5.74, 6) is 0. The van der Waals surface area contributed by atoms with Crippen molar-refractivity contribution < 1.29 is 0 Å². The lowest BCUT2D eigenvalue weighted by Gasteiger charge is -2.26. The van der Waals surface area contributed by atoms with Gasteiger partial charge in [0.15, 0.2) is 0 Å². The molecule has 9 aromatic rings. The molecular formula is C52H37N. The molecule has 9 aromatic carbocycles. The number of fused-ring (bicyclic) bond motifs is 1. The monoisotopic (exact) mass is 675 g/mol. The molecule has 250 valence electrons. The molecule has 0 unspecified atom stereocenters. The first-order valence-corrected chi connectivity index (χ1v) is 18.2. The van der Waals surface area contributed by atoms with E-state index in [-0.39, 0.29) is 0 Å². The molecule has 0 fully saturated rings. The lowest BCUT2D eigenvalue weighted by atomic mass is 9.95. The minimum Gasteiger partial charge on any atom is -0.310 e. The third kappa shape index (κ3) is 6.65. The summed E-state index contributed by atoms with van der Waals surface area (Å²) in [5, 5.41) is 2.50. The summed E-state index contributed by atoms with van der Waals surface area (Å²) >= 11 is 0. The molecule has 0 aromatic heterocycles. The van der Waals surface area contributed by atoms with Gasteiger partial charge < -0.3 is 4.90 Å². The molecule has 1 nitrogen and oxygen atoms in total. The van der Waals surface area contributed by atoms with Crippen molar-refractivity contribution in [3.8, 4) is 55.6 Å². The minimum atomic E-state index is 1.10. The van der Waals surface area contributed by atoms with Gasteiger partial charge >= 0.3 is 0 Å². The molecule has 1 heteroatoms. The number of anilines is 3. The molecular weight excluding hydrogens is 639 g/mol. The number of rotatable bonds is 8. The van der Waals surface area contributed by atoms with Crippen LogP contribution in [0.3, 0.4) is 0 Å². The molecule has 0 radical (unpaired) electrons. The van der Waals surface area contributed by atoms with Crippen molar-refractivity contribution in [1.82, 2.24) is 0 Å².